The van der Waals surface area contributed by atoms with E-state index in [2.05, 4.69) is 11.9 Å². The molecule has 0 saturated heterocycles. The van der Waals surface area contributed by atoms with E-state index in [0.29, 0.717) is 5.57 Å². The molecule has 0 bridgehead atoms. The van der Waals surface area contributed by atoms with Crippen LogP contribution in [0.25, 0.3) is 0 Å². The highest BCUT2D eigenvalue weighted by Gasteiger charge is 2.00. The van der Waals surface area contributed by atoms with Crippen LogP contribution in [0.5, 0.6) is 0 Å². The third kappa shape index (κ3) is 18.3. The normalized spacial score (nSPS) is 9.23. The quantitative estimate of drug-likeness (QED) is 0.643. The van der Waals surface area contributed by atoms with Crippen molar-refractivity contribution in [2.24, 2.45) is 0 Å². The molecule has 2 N–H and O–H groups in total. The van der Waals surface area contributed by atoms with E-state index >= 15 is 0 Å². The summed E-state index contributed by atoms with van der Waals surface area (Å²) < 4.78 is 0. The summed E-state index contributed by atoms with van der Waals surface area (Å²) in [5.74, 6) is -0.0648. The molecular formula is C10H21NO2. The largest absolute Gasteiger partial charge is 0.394 e. The number of nitrogens with one attached hydrogen (secondary N) is 1. The molecular weight excluding hydrogens is 166 g/mol. The lowest BCUT2D eigenvalue weighted by molar-refractivity contribution is -0.117. The van der Waals surface area contributed by atoms with Gasteiger partial charge in [-0.1, -0.05) is 6.58 Å². The molecule has 0 rings (SSSR count). The first-order chi connectivity index (χ1) is 5.77. The lowest BCUT2D eigenvalue weighted by atomic mass is 10.3. The molecule has 0 atom stereocenters. The Balaban J connectivity index is 0. The molecule has 0 aliphatic heterocycles. The van der Waals surface area contributed by atoms with E-state index in [9.17, 15) is 4.79 Å². The molecule has 0 heterocycles. The smallest absolute Gasteiger partial charge is 0.246 e. The van der Waals surface area contributed by atoms with Crippen LogP contribution in [0.3, 0.4) is 0 Å². The molecule has 1 amide bonds. The molecule has 0 aliphatic rings. The van der Waals surface area contributed by atoms with Gasteiger partial charge in [0.05, 0.1) is 0 Å². The maximum Gasteiger partial charge on any atom is 0.246 e. The number of carbonyl (C=O) groups excluding carboxylic acids is 1. The Labute approximate surface area is 80.8 Å². The van der Waals surface area contributed by atoms with Crippen molar-refractivity contribution in [1.82, 2.24) is 5.32 Å². The zero-order valence-corrected chi connectivity index (χ0v) is 9.22. The topological polar surface area (TPSA) is 49.3 Å². The Hall–Kier alpha value is -0.830. The van der Waals surface area contributed by atoms with Crippen LogP contribution in [0.1, 0.15) is 34.6 Å². The highest BCUT2D eigenvalue weighted by molar-refractivity contribution is 5.92. The Morgan fingerprint density at radius 1 is 1.31 bits per heavy atom. The molecule has 0 spiro atoms. The molecule has 0 radical (unpaired) electrons. The second kappa shape index (κ2) is 7.80. The number of aliphatic hydroxyl groups is 1. The summed E-state index contributed by atoms with van der Waals surface area (Å²) in [5.41, 5.74) is 0.559. The molecule has 0 aromatic carbocycles. The predicted molar refractivity (Wildman–Crippen MR) is 55.4 cm³/mol. The van der Waals surface area contributed by atoms with Gasteiger partial charge in [0, 0.05) is 17.7 Å². The molecule has 0 saturated carbocycles. The van der Waals surface area contributed by atoms with Crippen molar-refractivity contribution in [3.8, 4) is 0 Å². The minimum Gasteiger partial charge on any atom is -0.394 e. The summed E-state index contributed by atoms with van der Waals surface area (Å²) in [4.78, 5) is 10.7. The number of rotatable bonds is 2. The van der Waals surface area contributed by atoms with Crippen molar-refractivity contribution in [3.05, 3.63) is 12.2 Å². The van der Waals surface area contributed by atoms with E-state index in [0.717, 1.165) is 0 Å². The van der Waals surface area contributed by atoms with E-state index in [-0.39, 0.29) is 18.1 Å². The zero-order chi connectivity index (χ0) is 11.0. The predicted octanol–water partition coefficient (Wildman–Crippen LogP) is 1.47. The summed E-state index contributed by atoms with van der Waals surface area (Å²) in [7, 11) is 0. The summed E-state index contributed by atoms with van der Waals surface area (Å²) >= 11 is 0. The van der Waals surface area contributed by atoms with Gasteiger partial charge in [0.1, 0.15) is 0 Å². The fourth-order valence-corrected chi connectivity index (χ4v) is 0.385. The van der Waals surface area contributed by atoms with Gasteiger partial charge in [-0.3, -0.25) is 4.79 Å². The highest BCUT2D eigenvalue weighted by atomic mass is 16.3. The van der Waals surface area contributed by atoms with Gasteiger partial charge < -0.3 is 10.4 Å². The summed E-state index contributed by atoms with van der Waals surface area (Å²) in [6, 6.07) is 0.203. The van der Waals surface area contributed by atoms with Gasteiger partial charge in [-0.25, -0.2) is 0 Å². The molecule has 3 nitrogen and oxygen atoms in total. The third-order valence-corrected chi connectivity index (χ3v) is 0.807. The summed E-state index contributed by atoms with van der Waals surface area (Å²) in [6.45, 7) is 12.5. The fourth-order valence-electron chi connectivity index (χ4n) is 0.385. The zero-order valence-electron chi connectivity index (χ0n) is 9.22. The van der Waals surface area contributed by atoms with Crippen LogP contribution in [0.4, 0.5) is 0 Å². The van der Waals surface area contributed by atoms with Gasteiger partial charge in [-0.15, -0.1) is 0 Å². The van der Waals surface area contributed by atoms with Crippen molar-refractivity contribution in [2.45, 2.75) is 46.8 Å². The van der Waals surface area contributed by atoms with Gasteiger partial charge in [-0.2, -0.15) is 0 Å². The standard InChI is InChI=1S/C7H13NO.C3H8O/c1-5(2)7(9)8-6(3)4;1-3(2)4/h6H,1H2,2-4H3,(H,8,9);3-4H,1-2H3. The highest BCUT2D eigenvalue weighted by Crippen LogP contribution is 1.87. The second-order valence-electron chi connectivity index (χ2n) is 3.50. The maximum atomic E-state index is 10.7. The SMILES string of the molecule is C=C(C)C(=O)NC(C)C.CC(C)O. The first kappa shape index (κ1) is 14.7. The molecule has 13 heavy (non-hydrogen) atoms. The number of amides is 1. The molecule has 0 aromatic rings. The Kier molecular flexibility index (Phi) is 8.81. The van der Waals surface area contributed by atoms with Crippen LogP contribution in [0, 0.1) is 0 Å². The number of carbonyl (C=O) groups is 1. The molecule has 0 aromatic heterocycles. The second-order valence-corrected chi connectivity index (χ2v) is 3.50. The first-order valence-corrected chi connectivity index (χ1v) is 4.41. The molecule has 0 unspecified atom stereocenters. The van der Waals surface area contributed by atoms with Crippen LogP contribution >= 0.6 is 0 Å². The molecule has 0 fully saturated rings. The van der Waals surface area contributed by atoms with Crippen molar-refractivity contribution < 1.29 is 9.90 Å². The van der Waals surface area contributed by atoms with Crippen LogP contribution in [0.2, 0.25) is 0 Å². The van der Waals surface area contributed by atoms with Crippen LogP contribution in [-0.2, 0) is 4.79 Å². The molecule has 78 valence electrons. The van der Waals surface area contributed by atoms with Gasteiger partial charge >= 0.3 is 0 Å². The van der Waals surface area contributed by atoms with Crippen LogP contribution in [0.15, 0.2) is 12.2 Å². The average Bonchev–Trinajstić information content (AvgIpc) is 1.83. The van der Waals surface area contributed by atoms with Crippen LogP contribution < -0.4 is 5.32 Å². The van der Waals surface area contributed by atoms with E-state index in [1.165, 1.54) is 0 Å². The van der Waals surface area contributed by atoms with E-state index in [1.54, 1.807) is 20.8 Å². The van der Waals surface area contributed by atoms with E-state index < -0.39 is 0 Å². The van der Waals surface area contributed by atoms with E-state index in [4.69, 9.17) is 5.11 Å². The third-order valence-electron chi connectivity index (χ3n) is 0.807. The van der Waals surface area contributed by atoms with Gasteiger partial charge in [0.2, 0.25) is 5.91 Å². The monoisotopic (exact) mass is 187 g/mol. The average molecular weight is 187 g/mol. The van der Waals surface area contributed by atoms with Crippen LogP contribution in [-0.4, -0.2) is 23.2 Å². The maximum absolute atomic E-state index is 10.7. The number of hydrogen-bond acceptors (Lipinski definition) is 2. The summed E-state index contributed by atoms with van der Waals surface area (Å²) in [5, 5.41) is 10.8. The van der Waals surface area contributed by atoms with Crippen molar-refractivity contribution >= 4 is 5.91 Å². The van der Waals surface area contributed by atoms with Gasteiger partial charge in [0.15, 0.2) is 0 Å². The Bertz CT molecular complexity index is 160. The van der Waals surface area contributed by atoms with E-state index in [1.807, 2.05) is 13.8 Å². The minimum absolute atomic E-state index is 0.0648. The van der Waals surface area contributed by atoms with Gasteiger partial charge in [0.25, 0.3) is 0 Å². The lowest BCUT2D eigenvalue weighted by Gasteiger charge is -2.06. The van der Waals surface area contributed by atoms with Crippen molar-refractivity contribution in [1.29, 1.82) is 0 Å². The first-order valence-electron chi connectivity index (χ1n) is 4.41. The Morgan fingerprint density at radius 2 is 1.62 bits per heavy atom. The van der Waals surface area contributed by atoms with Crippen molar-refractivity contribution in [2.75, 3.05) is 0 Å². The number of aliphatic hydroxyl groups excluding tert-OH is 1. The molecule has 3 heteroatoms. The number of hydrogen-bond donors (Lipinski definition) is 2. The van der Waals surface area contributed by atoms with Gasteiger partial charge in [-0.05, 0) is 34.6 Å². The van der Waals surface area contributed by atoms with Crippen molar-refractivity contribution in [3.63, 3.8) is 0 Å². The minimum atomic E-state index is -0.167. The summed E-state index contributed by atoms with van der Waals surface area (Å²) in [6.07, 6.45) is -0.167. The Morgan fingerprint density at radius 3 is 1.69 bits per heavy atom. The molecule has 0 aliphatic carbocycles. The fraction of sp³-hybridized carbons (Fsp3) is 0.700. The lowest BCUT2D eigenvalue weighted by Crippen LogP contribution is -2.30.